The molecule has 0 heterocycles. The number of rotatable bonds is 4. The molecule has 3 nitrogen and oxygen atoms in total. The molecule has 0 N–H and O–H groups in total. The summed E-state index contributed by atoms with van der Waals surface area (Å²) in [5, 5.41) is 0.665. The summed E-state index contributed by atoms with van der Waals surface area (Å²) in [5.41, 5.74) is 0. The van der Waals surface area contributed by atoms with Gasteiger partial charge in [-0.3, -0.25) is 4.89 Å². The van der Waals surface area contributed by atoms with E-state index in [9.17, 15) is 4.79 Å². The number of carbonyl (C=O) groups is 1. The number of halogens is 1. The van der Waals surface area contributed by atoms with Crippen LogP contribution in [-0.4, -0.2) is 17.9 Å². The maximum atomic E-state index is 10.7. The van der Waals surface area contributed by atoms with Crippen molar-refractivity contribution in [2.45, 2.75) is 13.8 Å². The van der Waals surface area contributed by atoms with Gasteiger partial charge in [0.15, 0.2) is 0 Å². The Morgan fingerprint density at radius 2 is 2.20 bits per heavy atom. The Hall–Kier alpha value is -0.0900. The smallest absolute Gasteiger partial charge is 0.298 e. The molecule has 60 valence electrons. The van der Waals surface area contributed by atoms with Gasteiger partial charge in [0, 0.05) is 5.33 Å². The van der Waals surface area contributed by atoms with Gasteiger partial charge in [-0.1, -0.05) is 29.8 Å². The Kier molecular flexibility index (Phi) is 5.63. The zero-order valence-corrected chi connectivity index (χ0v) is 7.68. The van der Waals surface area contributed by atoms with E-state index in [1.807, 2.05) is 0 Å². The predicted octanol–water partition coefficient (Wildman–Crippen LogP) is 1.51. The molecule has 0 spiro atoms. The Labute approximate surface area is 68.7 Å². The van der Waals surface area contributed by atoms with E-state index in [1.165, 1.54) is 0 Å². The van der Waals surface area contributed by atoms with Crippen LogP contribution < -0.4 is 0 Å². The largest absolute Gasteiger partial charge is 0.344 e. The van der Waals surface area contributed by atoms with E-state index in [0.29, 0.717) is 11.9 Å². The molecule has 0 amide bonds. The average Bonchev–Trinajstić information content (AvgIpc) is 1.88. The van der Waals surface area contributed by atoms with E-state index in [-0.39, 0.29) is 11.9 Å². The lowest BCUT2D eigenvalue weighted by molar-refractivity contribution is -0.271. The minimum Gasteiger partial charge on any atom is -0.298 e. The molecule has 0 aromatic heterocycles. The lowest BCUT2D eigenvalue weighted by Gasteiger charge is -2.02. The van der Waals surface area contributed by atoms with Gasteiger partial charge in [0.2, 0.25) is 0 Å². The van der Waals surface area contributed by atoms with Crippen LogP contribution in [0.5, 0.6) is 0 Å². The molecular formula is C6H11BrO3. The van der Waals surface area contributed by atoms with Crippen molar-refractivity contribution in [2.75, 3.05) is 11.9 Å². The zero-order valence-electron chi connectivity index (χ0n) is 6.09. The molecule has 0 atom stereocenters. The van der Waals surface area contributed by atoms with Crippen molar-refractivity contribution in [1.82, 2.24) is 0 Å². The van der Waals surface area contributed by atoms with E-state index in [2.05, 4.69) is 25.7 Å². The van der Waals surface area contributed by atoms with Gasteiger partial charge < -0.3 is 0 Å². The van der Waals surface area contributed by atoms with Crippen molar-refractivity contribution in [3.05, 3.63) is 0 Å². The fraction of sp³-hybridized carbons (Fsp3) is 0.833. The third kappa shape index (κ3) is 4.76. The van der Waals surface area contributed by atoms with Crippen molar-refractivity contribution in [1.29, 1.82) is 0 Å². The molecule has 0 saturated carbocycles. The third-order valence-corrected chi connectivity index (χ3v) is 1.10. The van der Waals surface area contributed by atoms with E-state index >= 15 is 0 Å². The molecule has 0 aliphatic carbocycles. The first-order valence-electron chi connectivity index (χ1n) is 3.07. The van der Waals surface area contributed by atoms with Crippen molar-refractivity contribution >= 4 is 21.9 Å². The minimum absolute atomic E-state index is 0.129. The number of hydrogen-bond donors (Lipinski definition) is 0. The molecule has 0 aromatic carbocycles. The van der Waals surface area contributed by atoms with Crippen LogP contribution in [-0.2, 0) is 14.6 Å². The second-order valence-corrected chi connectivity index (χ2v) is 2.86. The molecule has 0 aromatic rings. The fourth-order valence-corrected chi connectivity index (χ4v) is 0.360. The van der Waals surface area contributed by atoms with Gasteiger partial charge in [-0.05, 0) is 0 Å². The first-order chi connectivity index (χ1) is 4.68. The molecule has 0 unspecified atom stereocenters. The SMILES string of the molecule is CC(C)C(=O)OOCCBr. The standard InChI is InChI=1S/C6H11BrO3/c1-5(2)6(8)10-9-4-3-7/h5H,3-4H2,1-2H3. The van der Waals surface area contributed by atoms with Crippen LogP contribution in [0.3, 0.4) is 0 Å². The first-order valence-corrected chi connectivity index (χ1v) is 4.20. The fourth-order valence-electron chi connectivity index (χ4n) is 0.227. The first kappa shape index (κ1) is 9.91. The van der Waals surface area contributed by atoms with Gasteiger partial charge in [-0.2, -0.15) is 4.89 Å². The number of alkyl halides is 1. The Morgan fingerprint density at radius 3 is 2.60 bits per heavy atom. The highest BCUT2D eigenvalue weighted by molar-refractivity contribution is 9.09. The number of carbonyl (C=O) groups excluding carboxylic acids is 1. The predicted molar refractivity (Wildman–Crippen MR) is 40.7 cm³/mol. The van der Waals surface area contributed by atoms with Gasteiger partial charge >= 0.3 is 5.97 Å². The summed E-state index contributed by atoms with van der Waals surface area (Å²) in [6.45, 7) is 3.89. The van der Waals surface area contributed by atoms with Crippen LogP contribution in [0.4, 0.5) is 0 Å². The number of hydrogen-bond acceptors (Lipinski definition) is 3. The van der Waals surface area contributed by atoms with Gasteiger partial charge in [0.25, 0.3) is 0 Å². The Bertz CT molecular complexity index is 103. The maximum Gasteiger partial charge on any atom is 0.344 e. The van der Waals surface area contributed by atoms with E-state index in [4.69, 9.17) is 0 Å². The van der Waals surface area contributed by atoms with Crippen molar-refractivity contribution in [3.63, 3.8) is 0 Å². The summed E-state index contributed by atoms with van der Waals surface area (Å²) in [5.74, 6) is -0.462. The van der Waals surface area contributed by atoms with Crippen LogP contribution in [0.2, 0.25) is 0 Å². The van der Waals surface area contributed by atoms with Gasteiger partial charge in [0.05, 0.1) is 5.92 Å². The third-order valence-electron chi connectivity index (χ3n) is 0.773. The molecular weight excluding hydrogens is 200 g/mol. The molecule has 0 fully saturated rings. The van der Waals surface area contributed by atoms with Gasteiger partial charge in [-0.25, -0.2) is 4.79 Å². The van der Waals surface area contributed by atoms with Crippen LogP contribution in [0.25, 0.3) is 0 Å². The van der Waals surface area contributed by atoms with E-state index in [0.717, 1.165) is 0 Å². The van der Waals surface area contributed by atoms with Crippen LogP contribution in [0.1, 0.15) is 13.8 Å². The molecule has 10 heavy (non-hydrogen) atoms. The molecule has 0 radical (unpaired) electrons. The summed E-state index contributed by atoms with van der Waals surface area (Å²) in [6, 6.07) is 0. The topological polar surface area (TPSA) is 35.5 Å². The monoisotopic (exact) mass is 210 g/mol. The van der Waals surface area contributed by atoms with Gasteiger partial charge in [0.1, 0.15) is 6.61 Å². The highest BCUT2D eigenvalue weighted by atomic mass is 79.9. The maximum absolute atomic E-state index is 10.7. The van der Waals surface area contributed by atoms with Crippen LogP contribution in [0, 0.1) is 5.92 Å². The summed E-state index contributed by atoms with van der Waals surface area (Å²) < 4.78 is 0. The molecule has 0 aliphatic heterocycles. The summed E-state index contributed by atoms with van der Waals surface area (Å²) in [4.78, 5) is 19.5. The molecule has 0 aliphatic rings. The van der Waals surface area contributed by atoms with Crippen molar-refractivity contribution < 1.29 is 14.6 Å². The van der Waals surface area contributed by atoms with E-state index in [1.54, 1.807) is 13.8 Å². The Morgan fingerprint density at radius 1 is 1.60 bits per heavy atom. The zero-order chi connectivity index (χ0) is 7.98. The molecule has 4 heteroatoms. The van der Waals surface area contributed by atoms with Gasteiger partial charge in [-0.15, -0.1) is 0 Å². The lowest BCUT2D eigenvalue weighted by Crippen LogP contribution is -2.12. The highest BCUT2D eigenvalue weighted by Crippen LogP contribution is 1.96. The average molecular weight is 211 g/mol. The molecule has 0 rings (SSSR count). The molecule has 0 saturated heterocycles. The van der Waals surface area contributed by atoms with Crippen LogP contribution in [0.15, 0.2) is 0 Å². The normalized spacial score (nSPS) is 10.0. The highest BCUT2D eigenvalue weighted by Gasteiger charge is 2.08. The second-order valence-electron chi connectivity index (χ2n) is 2.07. The van der Waals surface area contributed by atoms with E-state index < -0.39 is 0 Å². The lowest BCUT2D eigenvalue weighted by atomic mass is 10.2. The summed E-state index contributed by atoms with van der Waals surface area (Å²) >= 11 is 3.12. The van der Waals surface area contributed by atoms with Crippen molar-refractivity contribution in [2.24, 2.45) is 5.92 Å². The second kappa shape index (κ2) is 5.68. The van der Waals surface area contributed by atoms with Crippen LogP contribution >= 0.6 is 15.9 Å². The molecule has 0 bridgehead atoms. The summed E-state index contributed by atoms with van der Waals surface area (Å²) in [6.07, 6.45) is 0. The summed E-state index contributed by atoms with van der Waals surface area (Å²) in [7, 11) is 0. The Balaban J connectivity index is 3.22. The van der Waals surface area contributed by atoms with Crippen molar-refractivity contribution in [3.8, 4) is 0 Å². The quantitative estimate of drug-likeness (QED) is 0.306. The minimum atomic E-state index is -0.332.